The van der Waals surface area contributed by atoms with E-state index < -0.39 is 5.97 Å². The van der Waals surface area contributed by atoms with Crippen molar-refractivity contribution in [3.05, 3.63) is 64.4 Å². The number of carbonyl (C=O) groups is 1. The van der Waals surface area contributed by atoms with Crippen LogP contribution in [0.4, 0.5) is 0 Å². The van der Waals surface area contributed by atoms with E-state index in [-0.39, 0.29) is 5.84 Å². The molecule has 0 saturated carbocycles. The summed E-state index contributed by atoms with van der Waals surface area (Å²) in [5, 5.41) is 4.11. The fourth-order valence-corrected chi connectivity index (χ4v) is 1.65. The quantitative estimate of drug-likeness (QED) is 0.406. The minimum atomic E-state index is -0.614. The van der Waals surface area contributed by atoms with Crippen molar-refractivity contribution in [3.63, 3.8) is 0 Å². The van der Waals surface area contributed by atoms with Crippen LogP contribution in [0.5, 0.6) is 0 Å². The third-order valence-corrected chi connectivity index (χ3v) is 3.06. The van der Waals surface area contributed by atoms with Crippen molar-refractivity contribution in [2.24, 2.45) is 10.9 Å². The number of hydrogen-bond acceptors (Lipinski definition) is 3. The van der Waals surface area contributed by atoms with Crippen molar-refractivity contribution in [2.75, 3.05) is 0 Å². The number of amidine groups is 1. The summed E-state index contributed by atoms with van der Waals surface area (Å²) in [5.74, 6) is -0.497. The van der Waals surface area contributed by atoms with Gasteiger partial charge in [-0.25, -0.2) is 9.78 Å². The maximum absolute atomic E-state index is 11.8. The first-order valence-electron chi connectivity index (χ1n) is 5.85. The van der Waals surface area contributed by atoms with Crippen LogP contribution in [-0.4, -0.2) is 11.8 Å². The van der Waals surface area contributed by atoms with Crippen molar-refractivity contribution in [1.29, 1.82) is 0 Å². The number of aryl methyl sites for hydroxylation is 1. The number of oxime groups is 1. The molecule has 5 nitrogen and oxygen atoms in total. The van der Waals surface area contributed by atoms with Crippen molar-refractivity contribution < 1.29 is 14.6 Å². The maximum atomic E-state index is 11.8. The van der Waals surface area contributed by atoms with Crippen molar-refractivity contribution in [1.82, 2.24) is 0 Å². The van der Waals surface area contributed by atoms with E-state index in [4.69, 9.17) is 22.2 Å². The van der Waals surface area contributed by atoms with Gasteiger partial charge in [0.1, 0.15) is 0 Å². The van der Waals surface area contributed by atoms with Crippen molar-refractivity contribution in [3.8, 4) is 0 Å². The predicted molar refractivity (Wildman–Crippen MR) is 75.3 cm³/mol. The molecule has 0 amide bonds. The highest BCUT2D eigenvalue weighted by Crippen LogP contribution is 2.17. The highest BCUT2D eigenvalue weighted by atomic mass is 35.5. The Hall–Kier alpha value is -2.40. The molecule has 0 bridgehead atoms. The molecular formula is C14H13ClN3O2+. The molecule has 0 spiro atoms. The summed E-state index contributed by atoms with van der Waals surface area (Å²) >= 11 is 5.94. The van der Waals surface area contributed by atoms with Crippen LogP contribution in [-0.2, 0) is 4.84 Å². The fourth-order valence-electron chi connectivity index (χ4n) is 1.47. The largest absolute Gasteiger partial charge is 0.380 e. The lowest BCUT2D eigenvalue weighted by molar-refractivity contribution is -0.378. The number of H-pyrrole nitrogens is 1. The van der Waals surface area contributed by atoms with E-state index in [1.807, 2.05) is 6.92 Å². The van der Waals surface area contributed by atoms with Gasteiger partial charge in [-0.2, -0.15) is 0 Å². The summed E-state index contributed by atoms with van der Waals surface area (Å²) in [7, 11) is 0. The number of halogens is 1. The van der Waals surface area contributed by atoms with Gasteiger partial charge in [-0.15, -0.1) is 0 Å². The molecule has 1 aromatic heterocycles. The number of hydrogen-bond donors (Lipinski definition) is 1. The molecule has 1 aromatic carbocycles. The molecule has 0 atom stereocenters. The molecular weight excluding hydrogens is 278 g/mol. The standard InChI is InChI=1S/C14H12ClN3O2/c1-9-2-3-11(8-12(9)15)14(19)20-18-13(16)10-4-6-17-7-5-10/h2-8H,1H3,(H2,16,18)/p+1. The van der Waals surface area contributed by atoms with Crippen molar-refractivity contribution >= 4 is 23.4 Å². The minimum absolute atomic E-state index is 0.116. The van der Waals surface area contributed by atoms with Gasteiger partial charge < -0.3 is 10.6 Å². The lowest BCUT2D eigenvalue weighted by atomic mass is 10.1. The van der Waals surface area contributed by atoms with Gasteiger partial charge in [-0.1, -0.05) is 22.8 Å². The number of nitrogens with one attached hydrogen (secondary N) is 1. The second-order valence-corrected chi connectivity index (χ2v) is 4.52. The first-order valence-corrected chi connectivity index (χ1v) is 6.23. The van der Waals surface area contributed by atoms with E-state index in [0.717, 1.165) is 5.56 Å². The lowest BCUT2D eigenvalue weighted by Gasteiger charge is -2.02. The molecule has 102 valence electrons. The summed E-state index contributed by atoms with van der Waals surface area (Å²) in [6, 6.07) is 8.32. The van der Waals surface area contributed by atoms with Crippen LogP contribution in [0.15, 0.2) is 47.9 Å². The SMILES string of the molecule is Cc1ccc(C(=O)ON=C(N)c2cc[nH+]cc2)cc1Cl. The average molecular weight is 291 g/mol. The highest BCUT2D eigenvalue weighted by molar-refractivity contribution is 6.31. The van der Waals surface area contributed by atoms with Crippen LogP contribution >= 0.6 is 11.6 Å². The van der Waals surface area contributed by atoms with E-state index in [9.17, 15) is 4.79 Å². The molecule has 2 rings (SSSR count). The van der Waals surface area contributed by atoms with Crippen LogP contribution in [0.1, 0.15) is 21.5 Å². The van der Waals surface area contributed by atoms with E-state index in [1.54, 1.807) is 36.7 Å². The molecule has 0 saturated heterocycles. The van der Waals surface area contributed by atoms with Crippen LogP contribution in [0.25, 0.3) is 0 Å². The summed E-state index contributed by atoms with van der Waals surface area (Å²) in [6.45, 7) is 1.85. The molecule has 1 heterocycles. The van der Waals surface area contributed by atoms with Gasteiger partial charge in [-0.3, -0.25) is 0 Å². The number of carbonyl (C=O) groups excluding carboxylic acids is 1. The Balaban J connectivity index is 2.10. The van der Waals surface area contributed by atoms with E-state index in [2.05, 4.69) is 10.1 Å². The Morgan fingerprint density at radius 1 is 1.25 bits per heavy atom. The van der Waals surface area contributed by atoms with E-state index in [1.165, 1.54) is 6.07 Å². The van der Waals surface area contributed by atoms with Gasteiger partial charge in [0.25, 0.3) is 0 Å². The number of aromatic nitrogens is 1. The van der Waals surface area contributed by atoms with Crippen LogP contribution in [0.2, 0.25) is 5.02 Å². The molecule has 0 unspecified atom stereocenters. The van der Waals surface area contributed by atoms with Gasteiger partial charge in [-0.05, 0) is 24.6 Å². The smallest absolute Gasteiger partial charge is 0.365 e. The predicted octanol–water partition coefficient (Wildman–Crippen LogP) is 1.94. The number of nitrogens with two attached hydrogens (primary N) is 1. The third-order valence-electron chi connectivity index (χ3n) is 2.65. The monoisotopic (exact) mass is 290 g/mol. The van der Waals surface area contributed by atoms with Gasteiger partial charge >= 0.3 is 5.97 Å². The Morgan fingerprint density at radius 3 is 2.60 bits per heavy atom. The summed E-state index contributed by atoms with van der Waals surface area (Å²) in [6.07, 6.45) is 3.39. The topological polar surface area (TPSA) is 78.8 Å². The molecule has 0 radical (unpaired) electrons. The number of aromatic amines is 1. The molecule has 20 heavy (non-hydrogen) atoms. The van der Waals surface area contributed by atoms with Crippen LogP contribution in [0, 0.1) is 6.92 Å². The highest BCUT2D eigenvalue weighted by Gasteiger charge is 2.09. The summed E-state index contributed by atoms with van der Waals surface area (Å²) < 4.78 is 0. The second kappa shape index (κ2) is 6.16. The van der Waals surface area contributed by atoms with Crippen LogP contribution < -0.4 is 10.7 Å². The Bertz CT molecular complexity index is 657. The molecule has 0 fully saturated rings. The third kappa shape index (κ3) is 3.33. The van der Waals surface area contributed by atoms with E-state index in [0.29, 0.717) is 16.1 Å². The fraction of sp³-hybridized carbons (Fsp3) is 0.0714. The van der Waals surface area contributed by atoms with Gasteiger partial charge in [0.05, 0.1) is 5.56 Å². The average Bonchev–Trinajstić information content (AvgIpc) is 2.48. The summed E-state index contributed by atoms with van der Waals surface area (Å²) in [4.78, 5) is 19.4. The zero-order valence-corrected chi connectivity index (χ0v) is 11.5. The number of pyridine rings is 1. The van der Waals surface area contributed by atoms with Crippen LogP contribution in [0.3, 0.4) is 0 Å². The maximum Gasteiger partial charge on any atom is 0.365 e. The lowest BCUT2D eigenvalue weighted by Crippen LogP contribution is -2.16. The Labute approximate surface area is 121 Å². The Kier molecular flexibility index (Phi) is 4.32. The van der Waals surface area contributed by atoms with Gasteiger partial charge in [0.2, 0.25) is 0 Å². The van der Waals surface area contributed by atoms with E-state index >= 15 is 0 Å². The second-order valence-electron chi connectivity index (χ2n) is 4.11. The minimum Gasteiger partial charge on any atom is -0.380 e. The van der Waals surface area contributed by atoms with Gasteiger partial charge in [0.15, 0.2) is 18.2 Å². The molecule has 3 N–H and O–H groups in total. The first-order chi connectivity index (χ1) is 9.58. The van der Waals surface area contributed by atoms with Gasteiger partial charge in [0, 0.05) is 22.7 Å². The van der Waals surface area contributed by atoms with Crippen molar-refractivity contribution in [2.45, 2.75) is 6.92 Å². The number of benzene rings is 1. The first kappa shape index (κ1) is 14.0. The zero-order chi connectivity index (χ0) is 14.5. The molecule has 6 heteroatoms. The molecule has 0 aliphatic rings. The normalized spacial score (nSPS) is 11.2. The number of rotatable bonds is 3. The molecule has 2 aromatic rings. The summed E-state index contributed by atoms with van der Waals surface area (Å²) in [5.41, 5.74) is 7.56. The molecule has 0 aliphatic heterocycles. The molecule has 0 aliphatic carbocycles. The number of nitrogens with zero attached hydrogens (tertiary/aromatic N) is 1. The zero-order valence-electron chi connectivity index (χ0n) is 10.8. The Morgan fingerprint density at radius 2 is 1.95 bits per heavy atom.